The quantitative estimate of drug-likeness (QED) is 0.457. The number of halogens is 3. The molecule has 0 radical (unpaired) electrons. The molecule has 3 aromatic rings. The van der Waals surface area contributed by atoms with E-state index in [1.807, 2.05) is 25.1 Å². The average Bonchev–Trinajstić information content (AvgIpc) is 3.31. The predicted molar refractivity (Wildman–Crippen MR) is 132 cm³/mol. The van der Waals surface area contributed by atoms with E-state index in [0.29, 0.717) is 33.7 Å². The van der Waals surface area contributed by atoms with Crippen LogP contribution in [0.1, 0.15) is 42.6 Å². The van der Waals surface area contributed by atoms with Gasteiger partial charge in [0.25, 0.3) is 0 Å². The fourth-order valence-corrected chi connectivity index (χ4v) is 5.28. The summed E-state index contributed by atoms with van der Waals surface area (Å²) in [6, 6.07) is 12.5. The van der Waals surface area contributed by atoms with Crippen molar-refractivity contribution in [2.24, 2.45) is 0 Å². The number of anilines is 2. The Balaban J connectivity index is 1.67. The first kappa shape index (κ1) is 22.4. The summed E-state index contributed by atoms with van der Waals surface area (Å²) in [6.07, 6.45) is 0.717. The van der Waals surface area contributed by atoms with Crippen LogP contribution in [-0.2, 0) is 15.0 Å². The van der Waals surface area contributed by atoms with E-state index in [-0.39, 0.29) is 24.3 Å². The maximum atomic E-state index is 13.9. The Morgan fingerprint density at radius 2 is 1.88 bits per heavy atom. The van der Waals surface area contributed by atoms with Gasteiger partial charge in [-0.25, -0.2) is 4.68 Å². The van der Waals surface area contributed by atoms with Crippen molar-refractivity contribution in [1.82, 2.24) is 15.0 Å². The molecule has 0 aliphatic carbocycles. The van der Waals surface area contributed by atoms with Gasteiger partial charge in [-0.3, -0.25) is 9.59 Å². The zero-order valence-electron chi connectivity index (χ0n) is 17.7. The number of hydrogen-bond acceptors (Lipinski definition) is 4. The van der Waals surface area contributed by atoms with Crippen LogP contribution in [0.2, 0.25) is 10.0 Å². The number of fused-ring (bicyclic) bond motifs is 4. The molecule has 7 nitrogen and oxygen atoms in total. The Kier molecular flexibility index (Phi) is 5.71. The van der Waals surface area contributed by atoms with Gasteiger partial charge in [-0.1, -0.05) is 56.5 Å². The Morgan fingerprint density at radius 1 is 1.15 bits per heavy atom. The topological polar surface area (TPSA) is 80.1 Å². The van der Waals surface area contributed by atoms with Crippen LogP contribution in [-0.4, -0.2) is 38.7 Å². The van der Waals surface area contributed by atoms with E-state index < -0.39 is 5.41 Å². The van der Waals surface area contributed by atoms with E-state index >= 15 is 0 Å². The normalized spacial score (nSPS) is 20.1. The van der Waals surface area contributed by atoms with Crippen molar-refractivity contribution in [2.75, 3.05) is 22.1 Å². The molecular weight excluding hydrogens is 529 g/mol. The monoisotopic (exact) mass is 547 g/mol. The molecule has 0 fully saturated rings. The molecule has 5 rings (SSSR count). The summed E-state index contributed by atoms with van der Waals surface area (Å²) in [5.41, 5.74) is 1.57. The van der Waals surface area contributed by atoms with Crippen molar-refractivity contribution in [3.8, 4) is 0 Å². The highest BCUT2D eigenvalue weighted by Crippen LogP contribution is 2.52. The highest BCUT2D eigenvalue weighted by molar-refractivity contribution is 9.09. The van der Waals surface area contributed by atoms with Crippen molar-refractivity contribution in [2.45, 2.75) is 31.2 Å². The second kappa shape index (κ2) is 8.42. The van der Waals surface area contributed by atoms with Crippen molar-refractivity contribution in [1.29, 1.82) is 0 Å². The number of nitrogens with zero attached hydrogens (tertiary/aromatic N) is 4. The lowest BCUT2D eigenvalue weighted by molar-refractivity contribution is -0.126. The Morgan fingerprint density at radius 3 is 2.61 bits per heavy atom. The number of carbonyl (C=O) groups excluding carboxylic acids is 2. The van der Waals surface area contributed by atoms with Crippen LogP contribution < -0.4 is 10.2 Å². The van der Waals surface area contributed by atoms with Crippen LogP contribution in [0.25, 0.3) is 0 Å². The predicted octanol–water partition coefficient (Wildman–Crippen LogP) is 4.95. The SMILES string of the molecule is C[C@@H](c1ccc(Cl)cc1)n1nnc2c1NC(=O)C[C@]21C(=O)N(CCCBr)c2ccc(Cl)cc21. The summed E-state index contributed by atoms with van der Waals surface area (Å²) < 4.78 is 1.65. The van der Waals surface area contributed by atoms with Gasteiger partial charge in [0.2, 0.25) is 11.8 Å². The lowest BCUT2D eigenvalue weighted by Crippen LogP contribution is -2.47. The van der Waals surface area contributed by atoms with Gasteiger partial charge in [-0.05, 0) is 54.8 Å². The van der Waals surface area contributed by atoms with E-state index in [4.69, 9.17) is 23.2 Å². The first-order chi connectivity index (χ1) is 15.9. The molecule has 3 heterocycles. The fourth-order valence-electron chi connectivity index (χ4n) is 4.73. The molecule has 1 N–H and O–H groups in total. The number of carbonyl (C=O) groups is 2. The summed E-state index contributed by atoms with van der Waals surface area (Å²) in [7, 11) is 0. The summed E-state index contributed by atoms with van der Waals surface area (Å²) >= 11 is 15.8. The third-order valence-electron chi connectivity index (χ3n) is 6.34. The molecule has 1 aromatic heterocycles. The van der Waals surface area contributed by atoms with Gasteiger partial charge >= 0.3 is 0 Å². The minimum atomic E-state index is -1.26. The Bertz CT molecular complexity index is 1260. The van der Waals surface area contributed by atoms with Crippen molar-refractivity contribution in [3.05, 3.63) is 69.3 Å². The number of benzene rings is 2. The second-order valence-corrected chi connectivity index (χ2v) is 9.92. The standard InChI is InChI=1S/C23H20BrCl2N5O2/c1-13(14-3-5-15(25)6-4-14)31-21-20(28-29-31)23(12-19(32)27-21)17-11-16(26)7-8-18(17)30(22(23)33)10-2-9-24/h3-8,11,13H,2,9-10,12H2,1H3,(H,27,32)/t13-,23+/m0/s1. The number of alkyl halides is 1. The van der Waals surface area contributed by atoms with Crippen molar-refractivity contribution >= 4 is 62.5 Å². The first-order valence-electron chi connectivity index (χ1n) is 10.6. The van der Waals surface area contributed by atoms with E-state index in [0.717, 1.165) is 23.0 Å². The van der Waals surface area contributed by atoms with Gasteiger partial charge in [0, 0.05) is 27.6 Å². The Hall–Kier alpha value is -2.42. The molecule has 0 saturated heterocycles. The van der Waals surface area contributed by atoms with Crippen molar-refractivity contribution in [3.63, 3.8) is 0 Å². The van der Waals surface area contributed by atoms with Crippen LogP contribution in [0.3, 0.4) is 0 Å². The maximum absolute atomic E-state index is 13.9. The minimum absolute atomic E-state index is 0.0506. The minimum Gasteiger partial charge on any atom is -0.311 e. The maximum Gasteiger partial charge on any atom is 0.244 e. The van der Waals surface area contributed by atoms with Crippen LogP contribution >= 0.6 is 39.1 Å². The number of aromatic nitrogens is 3. The highest BCUT2D eigenvalue weighted by atomic mass is 79.9. The Labute approximate surface area is 209 Å². The number of nitrogens with one attached hydrogen (secondary N) is 1. The number of rotatable bonds is 5. The zero-order valence-corrected chi connectivity index (χ0v) is 20.8. The molecule has 0 saturated carbocycles. The lowest BCUT2D eigenvalue weighted by Gasteiger charge is -2.31. The summed E-state index contributed by atoms with van der Waals surface area (Å²) in [5, 5.41) is 13.6. The molecule has 2 aliphatic heterocycles. The van der Waals surface area contributed by atoms with Gasteiger partial charge in [-0.15, -0.1) is 5.10 Å². The zero-order chi connectivity index (χ0) is 23.3. The summed E-state index contributed by atoms with van der Waals surface area (Å²) in [5.74, 6) is -0.0192. The molecule has 2 aliphatic rings. The number of hydrogen-bond donors (Lipinski definition) is 1. The molecule has 33 heavy (non-hydrogen) atoms. The van der Waals surface area contributed by atoms with Gasteiger partial charge in [0.05, 0.1) is 12.5 Å². The van der Waals surface area contributed by atoms with Gasteiger partial charge < -0.3 is 10.2 Å². The fraction of sp³-hybridized carbons (Fsp3) is 0.304. The number of amides is 2. The average molecular weight is 549 g/mol. The second-order valence-electron chi connectivity index (χ2n) is 8.25. The summed E-state index contributed by atoms with van der Waals surface area (Å²) in [6.45, 7) is 2.47. The molecule has 0 bridgehead atoms. The molecule has 170 valence electrons. The van der Waals surface area contributed by atoms with Gasteiger partial charge in [-0.2, -0.15) is 0 Å². The van der Waals surface area contributed by atoms with E-state index in [2.05, 4.69) is 31.6 Å². The van der Waals surface area contributed by atoms with Crippen LogP contribution in [0.15, 0.2) is 42.5 Å². The molecule has 0 unspecified atom stereocenters. The first-order valence-corrected chi connectivity index (χ1v) is 12.4. The van der Waals surface area contributed by atoms with Crippen LogP contribution in [0.4, 0.5) is 11.5 Å². The molecule has 10 heteroatoms. The van der Waals surface area contributed by atoms with Crippen LogP contribution in [0.5, 0.6) is 0 Å². The van der Waals surface area contributed by atoms with E-state index in [1.165, 1.54) is 0 Å². The van der Waals surface area contributed by atoms with Crippen LogP contribution in [0, 0.1) is 0 Å². The molecule has 1 spiro atoms. The lowest BCUT2D eigenvalue weighted by atomic mass is 9.73. The largest absolute Gasteiger partial charge is 0.311 e. The third kappa shape index (κ3) is 3.47. The molecule has 2 amide bonds. The van der Waals surface area contributed by atoms with Gasteiger partial charge in [0.15, 0.2) is 5.82 Å². The third-order valence-corrected chi connectivity index (χ3v) is 7.38. The van der Waals surface area contributed by atoms with E-state index in [9.17, 15) is 9.59 Å². The van der Waals surface area contributed by atoms with E-state index in [1.54, 1.807) is 33.8 Å². The molecular formula is C23H20BrCl2N5O2. The highest BCUT2D eigenvalue weighted by Gasteiger charge is 2.58. The van der Waals surface area contributed by atoms with Crippen molar-refractivity contribution < 1.29 is 9.59 Å². The smallest absolute Gasteiger partial charge is 0.244 e. The van der Waals surface area contributed by atoms with Gasteiger partial charge in [0.1, 0.15) is 11.1 Å². The summed E-state index contributed by atoms with van der Waals surface area (Å²) in [4.78, 5) is 28.7. The molecule has 2 aromatic carbocycles. The molecule has 2 atom stereocenters.